The number of benzene rings is 1. The number of amides is 1. The third-order valence-corrected chi connectivity index (χ3v) is 5.79. The number of hydrogen-bond donors (Lipinski definition) is 1. The molecule has 142 valence electrons. The lowest BCUT2D eigenvalue weighted by Crippen LogP contribution is -2.49. The Bertz CT molecular complexity index is 651. The standard InChI is InChI=1S/C19H25F2N3O2/c20-19(21)26-17-4-2-1-3-14(17)15-11-16(15)18(25)24-8-5-13(12-24)23-9-6-22-7-10-23/h1-4,13,15-16,19,22H,5-12H2. The van der Waals surface area contributed by atoms with Gasteiger partial charge in [-0.05, 0) is 30.4 Å². The van der Waals surface area contributed by atoms with Gasteiger partial charge in [-0.2, -0.15) is 8.78 Å². The zero-order valence-electron chi connectivity index (χ0n) is 14.7. The first-order valence-electron chi connectivity index (χ1n) is 9.41. The van der Waals surface area contributed by atoms with Crippen LogP contribution >= 0.6 is 0 Å². The molecule has 0 bridgehead atoms. The molecule has 3 atom stereocenters. The Balaban J connectivity index is 1.36. The van der Waals surface area contributed by atoms with Gasteiger partial charge in [-0.25, -0.2) is 0 Å². The van der Waals surface area contributed by atoms with Crippen LogP contribution in [0.1, 0.15) is 24.3 Å². The lowest BCUT2D eigenvalue weighted by molar-refractivity contribution is -0.131. The van der Waals surface area contributed by atoms with E-state index in [0.29, 0.717) is 6.04 Å². The van der Waals surface area contributed by atoms with E-state index < -0.39 is 6.61 Å². The summed E-state index contributed by atoms with van der Waals surface area (Å²) in [5, 5.41) is 3.36. The molecule has 3 fully saturated rings. The van der Waals surface area contributed by atoms with Crippen molar-refractivity contribution in [1.29, 1.82) is 0 Å². The Morgan fingerprint density at radius 2 is 1.96 bits per heavy atom. The van der Waals surface area contributed by atoms with Crippen LogP contribution in [-0.2, 0) is 4.79 Å². The molecule has 3 aliphatic rings. The van der Waals surface area contributed by atoms with Crippen LogP contribution in [0.5, 0.6) is 5.75 Å². The second-order valence-electron chi connectivity index (χ2n) is 7.38. The Labute approximate surface area is 152 Å². The number of piperazine rings is 1. The summed E-state index contributed by atoms with van der Waals surface area (Å²) in [5.41, 5.74) is 0.726. The van der Waals surface area contributed by atoms with Crippen LogP contribution in [0.2, 0.25) is 0 Å². The summed E-state index contributed by atoms with van der Waals surface area (Å²) in [6.07, 6.45) is 1.74. The Kier molecular flexibility index (Phi) is 5.09. The summed E-state index contributed by atoms with van der Waals surface area (Å²) >= 11 is 0. The molecule has 0 radical (unpaired) electrons. The molecule has 2 heterocycles. The number of nitrogens with zero attached hydrogens (tertiary/aromatic N) is 2. The first-order valence-corrected chi connectivity index (χ1v) is 9.41. The molecular weight excluding hydrogens is 340 g/mol. The summed E-state index contributed by atoms with van der Waals surface area (Å²) < 4.78 is 29.8. The van der Waals surface area contributed by atoms with Crippen LogP contribution in [0.25, 0.3) is 0 Å². The highest BCUT2D eigenvalue weighted by atomic mass is 19.3. The van der Waals surface area contributed by atoms with Crippen molar-refractivity contribution in [3.05, 3.63) is 29.8 Å². The third-order valence-electron chi connectivity index (χ3n) is 5.79. The van der Waals surface area contributed by atoms with Crippen molar-refractivity contribution in [2.45, 2.75) is 31.4 Å². The number of para-hydroxylation sites is 1. The normalized spacial score (nSPS) is 29.2. The fourth-order valence-electron chi connectivity index (χ4n) is 4.32. The van der Waals surface area contributed by atoms with E-state index in [1.54, 1.807) is 18.2 Å². The molecule has 2 aliphatic heterocycles. The number of alkyl halides is 2. The van der Waals surface area contributed by atoms with Crippen LogP contribution in [-0.4, -0.2) is 67.6 Å². The monoisotopic (exact) mass is 365 g/mol. The van der Waals surface area contributed by atoms with Crippen molar-refractivity contribution < 1.29 is 18.3 Å². The minimum Gasteiger partial charge on any atom is -0.435 e. The lowest BCUT2D eigenvalue weighted by Gasteiger charge is -2.32. The molecule has 1 aromatic carbocycles. The predicted molar refractivity (Wildman–Crippen MR) is 93.3 cm³/mol. The molecule has 5 nitrogen and oxygen atoms in total. The molecule has 3 unspecified atom stereocenters. The minimum atomic E-state index is -2.84. The van der Waals surface area contributed by atoms with E-state index in [1.807, 2.05) is 11.0 Å². The summed E-state index contributed by atoms with van der Waals surface area (Å²) in [5.74, 6) is 0.261. The van der Waals surface area contributed by atoms with E-state index in [9.17, 15) is 13.6 Å². The summed E-state index contributed by atoms with van der Waals surface area (Å²) in [7, 11) is 0. The molecule has 1 aromatic rings. The molecule has 1 amide bonds. The maximum atomic E-state index is 12.9. The van der Waals surface area contributed by atoms with Gasteiger partial charge in [0.2, 0.25) is 5.91 Å². The fraction of sp³-hybridized carbons (Fsp3) is 0.632. The van der Waals surface area contributed by atoms with Gasteiger partial charge in [0.05, 0.1) is 0 Å². The SMILES string of the molecule is O=C(C1CC1c1ccccc1OC(F)F)N1CCC(N2CCNCC2)C1. The van der Waals surface area contributed by atoms with E-state index >= 15 is 0 Å². The topological polar surface area (TPSA) is 44.8 Å². The highest BCUT2D eigenvalue weighted by Gasteiger charge is 2.48. The van der Waals surface area contributed by atoms with E-state index in [2.05, 4.69) is 15.0 Å². The Morgan fingerprint density at radius 3 is 2.73 bits per heavy atom. The van der Waals surface area contributed by atoms with Crippen LogP contribution in [0.3, 0.4) is 0 Å². The second kappa shape index (κ2) is 7.48. The summed E-state index contributed by atoms with van der Waals surface area (Å²) in [4.78, 5) is 17.3. The molecule has 4 rings (SSSR count). The second-order valence-corrected chi connectivity index (χ2v) is 7.38. The molecule has 26 heavy (non-hydrogen) atoms. The van der Waals surface area contributed by atoms with Crippen molar-refractivity contribution in [1.82, 2.24) is 15.1 Å². The highest BCUT2D eigenvalue weighted by molar-refractivity contribution is 5.83. The van der Waals surface area contributed by atoms with E-state index in [-0.39, 0.29) is 23.5 Å². The highest BCUT2D eigenvalue weighted by Crippen LogP contribution is 2.51. The molecule has 0 aromatic heterocycles. The molecular formula is C19H25F2N3O2. The fourth-order valence-corrected chi connectivity index (χ4v) is 4.32. The number of hydrogen-bond acceptors (Lipinski definition) is 4. The van der Waals surface area contributed by atoms with Gasteiger partial charge >= 0.3 is 6.61 Å². The van der Waals surface area contributed by atoms with E-state index in [1.165, 1.54) is 0 Å². The van der Waals surface area contributed by atoms with Crippen LogP contribution in [0.15, 0.2) is 24.3 Å². The largest absolute Gasteiger partial charge is 0.435 e. The van der Waals surface area contributed by atoms with Crippen molar-refractivity contribution in [3.63, 3.8) is 0 Å². The molecule has 1 N–H and O–H groups in total. The molecule has 7 heteroatoms. The van der Waals surface area contributed by atoms with Gasteiger partial charge in [-0.3, -0.25) is 9.69 Å². The average Bonchev–Trinajstić information content (AvgIpc) is 3.29. The molecule has 2 saturated heterocycles. The number of likely N-dealkylation sites (tertiary alicyclic amines) is 1. The van der Waals surface area contributed by atoms with Gasteiger partial charge in [0.25, 0.3) is 0 Å². The molecule has 0 spiro atoms. The lowest BCUT2D eigenvalue weighted by atomic mass is 10.1. The zero-order chi connectivity index (χ0) is 18.1. The number of rotatable bonds is 5. The Morgan fingerprint density at radius 1 is 1.19 bits per heavy atom. The van der Waals surface area contributed by atoms with Gasteiger partial charge in [0.15, 0.2) is 0 Å². The molecule has 1 aliphatic carbocycles. The van der Waals surface area contributed by atoms with Gasteiger partial charge in [0, 0.05) is 51.2 Å². The van der Waals surface area contributed by atoms with Crippen LogP contribution in [0.4, 0.5) is 8.78 Å². The van der Waals surface area contributed by atoms with Crippen molar-refractivity contribution in [2.75, 3.05) is 39.3 Å². The maximum absolute atomic E-state index is 12.9. The van der Waals surface area contributed by atoms with Gasteiger partial charge in [-0.1, -0.05) is 18.2 Å². The van der Waals surface area contributed by atoms with Crippen LogP contribution in [0, 0.1) is 5.92 Å². The zero-order valence-corrected chi connectivity index (χ0v) is 14.7. The third kappa shape index (κ3) is 3.69. The number of carbonyl (C=O) groups is 1. The molecule has 1 saturated carbocycles. The number of halogens is 2. The predicted octanol–water partition coefficient (Wildman–Crippen LogP) is 1.90. The first-order chi connectivity index (χ1) is 12.6. The van der Waals surface area contributed by atoms with Crippen molar-refractivity contribution >= 4 is 5.91 Å². The maximum Gasteiger partial charge on any atom is 0.387 e. The van der Waals surface area contributed by atoms with Crippen molar-refractivity contribution in [3.8, 4) is 5.75 Å². The number of ether oxygens (including phenoxy) is 1. The van der Waals surface area contributed by atoms with Gasteiger partial charge < -0.3 is 15.0 Å². The van der Waals surface area contributed by atoms with E-state index in [0.717, 1.165) is 57.7 Å². The number of carbonyl (C=O) groups excluding carboxylic acids is 1. The first kappa shape index (κ1) is 17.7. The Hall–Kier alpha value is -1.73. The van der Waals surface area contributed by atoms with Gasteiger partial charge in [-0.15, -0.1) is 0 Å². The average molecular weight is 365 g/mol. The van der Waals surface area contributed by atoms with Crippen LogP contribution < -0.4 is 10.1 Å². The van der Waals surface area contributed by atoms with E-state index in [4.69, 9.17) is 0 Å². The summed E-state index contributed by atoms with van der Waals surface area (Å²) in [6.45, 7) is 2.84. The van der Waals surface area contributed by atoms with Gasteiger partial charge in [0.1, 0.15) is 5.75 Å². The van der Waals surface area contributed by atoms with Crippen molar-refractivity contribution in [2.24, 2.45) is 5.92 Å². The number of nitrogens with one attached hydrogen (secondary N) is 1. The smallest absolute Gasteiger partial charge is 0.387 e. The quantitative estimate of drug-likeness (QED) is 0.866. The summed E-state index contributed by atoms with van der Waals surface area (Å²) in [6, 6.07) is 7.29. The minimum absolute atomic E-state index is 0.00399.